The molecule has 4 aromatic rings. The number of nitrogens with zero attached hydrogens (tertiary/aromatic N) is 6. The molecule has 9 nitrogen and oxygen atoms in total. The van der Waals surface area contributed by atoms with Crippen LogP contribution in [-0.4, -0.2) is 67.9 Å². The number of halogens is 1. The summed E-state index contributed by atoms with van der Waals surface area (Å²) in [6.45, 7) is 3.42. The van der Waals surface area contributed by atoms with E-state index in [1.54, 1.807) is 6.07 Å². The first-order chi connectivity index (χ1) is 14.9. The summed E-state index contributed by atoms with van der Waals surface area (Å²) >= 11 is 0. The second-order valence-corrected chi connectivity index (χ2v) is 7.85. The van der Waals surface area contributed by atoms with Crippen LogP contribution in [0, 0.1) is 5.82 Å². The van der Waals surface area contributed by atoms with Crippen molar-refractivity contribution in [2.45, 2.75) is 6.42 Å². The first-order valence-electron chi connectivity index (χ1n) is 9.98. The molecular weight excluding hydrogens is 401 g/mol. The van der Waals surface area contributed by atoms with Gasteiger partial charge in [-0.1, -0.05) is 6.07 Å². The Hall–Kier alpha value is -3.66. The maximum atomic E-state index is 15.2. The number of benzene rings is 2. The van der Waals surface area contributed by atoms with Crippen molar-refractivity contribution in [2.24, 2.45) is 0 Å². The van der Waals surface area contributed by atoms with Crippen LogP contribution in [0.1, 0.15) is 11.4 Å². The minimum absolute atomic E-state index is 0.0200. The summed E-state index contributed by atoms with van der Waals surface area (Å²) in [6, 6.07) is 7.91. The second-order valence-electron chi connectivity index (χ2n) is 7.85. The fraction of sp³-hybridized carbons (Fsp3) is 0.286. The lowest BCUT2D eigenvalue weighted by Crippen LogP contribution is -2.44. The average molecular weight is 423 g/mol. The quantitative estimate of drug-likeness (QED) is 0.427. The number of phenols is 2. The highest BCUT2D eigenvalue weighted by atomic mass is 19.1. The number of anilines is 2. The monoisotopic (exact) mass is 423 g/mol. The molecule has 2 aromatic heterocycles. The number of nitrogens with two attached hydrogens (primary N) is 1. The van der Waals surface area contributed by atoms with Crippen LogP contribution in [0.25, 0.3) is 16.6 Å². The number of phenolic OH excluding ortho intramolecular Hbond substituents is 2. The fourth-order valence-corrected chi connectivity index (χ4v) is 3.97. The number of piperazine rings is 1. The average Bonchev–Trinajstić information content (AvgIpc) is 3.12. The van der Waals surface area contributed by atoms with E-state index < -0.39 is 5.82 Å². The third-order valence-electron chi connectivity index (χ3n) is 5.67. The first kappa shape index (κ1) is 19.3. The van der Waals surface area contributed by atoms with Gasteiger partial charge in [-0.2, -0.15) is 9.50 Å². The van der Waals surface area contributed by atoms with Crippen LogP contribution in [-0.2, 0) is 6.42 Å². The number of rotatable bonds is 3. The molecule has 10 heteroatoms. The van der Waals surface area contributed by atoms with Crippen LogP contribution < -0.4 is 10.6 Å². The van der Waals surface area contributed by atoms with Gasteiger partial charge in [0.05, 0.1) is 10.9 Å². The molecule has 0 spiro atoms. The van der Waals surface area contributed by atoms with E-state index in [0.717, 1.165) is 31.9 Å². The van der Waals surface area contributed by atoms with E-state index in [2.05, 4.69) is 31.9 Å². The Morgan fingerprint density at radius 1 is 1.03 bits per heavy atom. The maximum Gasteiger partial charge on any atom is 0.240 e. The Morgan fingerprint density at radius 3 is 2.55 bits per heavy atom. The molecule has 0 radical (unpaired) electrons. The summed E-state index contributed by atoms with van der Waals surface area (Å²) in [5, 5.41) is 23.8. The number of fused-ring (bicyclic) bond motifs is 3. The molecule has 5 rings (SSSR count). The van der Waals surface area contributed by atoms with Crippen LogP contribution in [0.3, 0.4) is 0 Å². The van der Waals surface area contributed by atoms with Crippen LogP contribution in [0.2, 0.25) is 0 Å². The highest BCUT2D eigenvalue weighted by Gasteiger charge is 2.20. The molecule has 0 bridgehead atoms. The molecular formula is C21H22FN7O2. The van der Waals surface area contributed by atoms with Crippen molar-refractivity contribution >= 4 is 28.2 Å². The normalized spacial score (nSPS) is 15.2. The standard InChI is InChI=1S/C21H22FN7O2/c1-27-4-6-28(7-5-27)13-10-14(22)19-15(11-13)24-18(29-20(19)25-21(23)26-29)9-12-2-3-16(30)17(31)8-12/h2-3,8,10-11,30-31H,4-7,9H2,1H3,(H2,23,26). The Morgan fingerprint density at radius 2 is 1.81 bits per heavy atom. The zero-order chi connectivity index (χ0) is 21.7. The third kappa shape index (κ3) is 3.44. The number of aromatic hydroxyl groups is 2. The van der Waals surface area contributed by atoms with Gasteiger partial charge in [-0.3, -0.25) is 0 Å². The van der Waals surface area contributed by atoms with E-state index in [9.17, 15) is 10.2 Å². The predicted octanol–water partition coefficient (Wildman–Crippen LogP) is 1.75. The summed E-state index contributed by atoms with van der Waals surface area (Å²) in [5.41, 5.74) is 8.05. The van der Waals surface area contributed by atoms with Crippen molar-refractivity contribution in [3.8, 4) is 11.5 Å². The molecule has 31 heavy (non-hydrogen) atoms. The van der Waals surface area contributed by atoms with E-state index in [1.165, 1.54) is 22.7 Å². The second kappa shape index (κ2) is 7.24. The summed E-state index contributed by atoms with van der Waals surface area (Å²) in [7, 11) is 2.07. The molecule has 1 aliphatic rings. The molecule has 3 heterocycles. The molecule has 2 aromatic carbocycles. The predicted molar refractivity (Wildman–Crippen MR) is 115 cm³/mol. The molecule has 1 saturated heterocycles. The molecule has 0 aliphatic carbocycles. The van der Waals surface area contributed by atoms with Crippen molar-refractivity contribution in [1.29, 1.82) is 0 Å². The molecule has 160 valence electrons. The van der Waals surface area contributed by atoms with Crippen molar-refractivity contribution < 1.29 is 14.6 Å². The summed E-state index contributed by atoms with van der Waals surface area (Å²) < 4.78 is 16.6. The van der Waals surface area contributed by atoms with Crippen LogP contribution in [0.4, 0.5) is 16.0 Å². The minimum atomic E-state index is -0.426. The fourth-order valence-electron chi connectivity index (χ4n) is 3.97. The molecule has 0 amide bonds. The number of nitrogen functional groups attached to an aromatic ring is 1. The van der Waals surface area contributed by atoms with Gasteiger partial charge in [0.25, 0.3) is 0 Å². The first-order valence-corrected chi connectivity index (χ1v) is 9.98. The van der Waals surface area contributed by atoms with E-state index in [-0.39, 0.29) is 29.3 Å². The summed E-state index contributed by atoms with van der Waals surface area (Å²) in [6.07, 6.45) is 0.281. The zero-order valence-corrected chi connectivity index (χ0v) is 17.0. The van der Waals surface area contributed by atoms with Gasteiger partial charge in [0.1, 0.15) is 11.6 Å². The Balaban J connectivity index is 1.64. The molecule has 1 fully saturated rings. The highest BCUT2D eigenvalue weighted by Crippen LogP contribution is 2.30. The molecule has 0 atom stereocenters. The van der Waals surface area contributed by atoms with Crippen LogP contribution >= 0.6 is 0 Å². The molecule has 4 N–H and O–H groups in total. The zero-order valence-electron chi connectivity index (χ0n) is 17.0. The van der Waals surface area contributed by atoms with Crippen molar-refractivity contribution in [1.82, 2.24) is 24.5 Å². The van der Waals surface area contributed by atoms with Gasteiger partial charge in [0, 0.05) is 38.3 Å². The lowest BCUT2D eigenvalue weighted by atomic mass is 10.1. The number of hydrogen-bond donors (Lipinski definition) is 3. The summed E-state index contributed by atoms with van der Waals surface area (Å²) in [5.74, 6) is -0.344. The molecule has 1 aliphatic heterocycles. The van der Waals surface area contributed by atoms with Crippen molar-refractivity contribution in [3.05, 3.63) is 47.5 Å². The smallest absolute Gasteiger partial charge is 0.240 e. The molecule has 0 saturated carbocycles. The van der Waals surface area contributed by atoms with Gasteiger partial charge < -0.3 is 25.7 Å². The van der Waals surface area contributed by atoms with Gasteiger partial charge in [0.2, 0.25) is 5.95 Å². The SMILES string of the molecule is CN1CCN(c2cc(F)c3c(c2)nc(Cc2ccc(O)c(O)c2)n2nc(N)nc32)CC1. The third-order valence-corrected chi connectivity index (χ3v) is 5.67. The van der Waals surface area contributed by atoms with Crippen LogP contribution in [0.5, 0.6) is 11.5 Å². The highest BCUT2D eigenvalue weighted by molar-refractivity contribution is 5.94. The Kier molecular flexibility index (Phi) is 4.51. The number of hydrogen-bond acceptors (Lipinski definition) is 8. The lowest BCUT2D eigenvalue weighted by molar-refractivity contribution is 0.313. The Bertz CT molecular complexity index is 1300. The van der Waals surface area contributed by atoms with Crippen LogP contribution in [0.15, 0.2) is 30.3 Å². The topological polar surface area (TPSA) is 116 Å². The largest absolute Gasteiger partial charge is 0.504 e. The van der Waals surface area contributed by atoms with Gasteiger partial charge in [-0.25, -0.2) is 9.37 Å². The van der Waals surface area contributed by atoms with Crippen molar-refractivity contribution in [3.63, 3.8) is 0 Å². The Labute approximate surface area is 177 Å². The van der Waals surface area contributed by atoms with Gasteiger partial charge >= 0.3 is 0 Å². The number of aromatic nitrogens is 4. The molecule has 0 unspecified atom stereocenters. The number of likely N-dealkylation sites (N-methyl/N-ethyl adjacent to an activating group) is 1. The van der Waals surface area contributed by atoms with Gasteiger partial charge in [-0.15, -0.1) is 5.10 Å². The van der Waals surface area contributed by atoms with Gasteiger partial charge in [-0.05, 0) is 36.9 Å². The van der Waals surface area contributed by atoms with Crippen molar-refractivity contribution in [2.75, 3.05) is 43.9 Å². The van der Waals surface area contributed by atoms with E-state index in [1.807, 2.05) is 6.07 Å². The summed E-state index contributed by atoms with van der Waals surface area (Å²) in [4.78, 5) is 13.3. The maximum absolute atomic E-state index is 15.2. The van der Waals surface area contributed by atoms with E-state index in [0.29, 0.717) is 22.6 Å². The van der Waals surface area contributed by atoms with E-state index in [4.69, 9.17) is 5.73 Å². The minimum Gasteiger partial charge on any atom is -0.504 e. The van der Waals surface area contributed by atoms with Gasteiger partial charge in [0.15, 0.2) is 17.1 Å². The lowest BCUT2D eigenvalue weighted by Gasteiger charge is -2.34. The van der Waals surface area contributed by atoms with E-state index >= 15 is 4.39 Å².